The van der Waals surface area contributed by atoms with Gasteiger partial charge in [-0.3, -0.25) is 9.35 Å². The number of aromatic nitrogens is 1. The summed E-state index contributed by atoms with van der Waals surface area (Å²) in [7, 11) is -4.34. The van der Waals surface area contributed by atoms with E-state index >= 15 is 0 Å². The molecule has 0 fully saturated rings. The Morgan fingerprint density at radius 3 is 2.42 bits per heavy atom. The summed E-state index contributed by atoms with van der Waals surface area (Å²) in [5, 5.41) is 16.3. The monoisotopic (exact) mass is 461 g/mol. The van der Waals surface area contributed by atoms with Crippen molar-refractivity contribution in [2.24, 2.45) is 0 Å². The quantitative estimate of drug-likeness (QED) is 0.214. The third kappa shape index (κ3) is 5.94. The molecule has 0 saturated heterocycles. The highest BCUT2D eigenvalue weighted by atomic mass is 32.2. The van der Waals surface area contributed by atoms with Crippen LogP contribution in [0.5, 0.6) is 0 Å². The molecule has 0 saturated carbocycles. The Labute approximate surface area is 182 Å². The zero-order valence-corrected chi connectivity index (χ0v) is 17.7. The minimum absolute atomic E-state index is 0.0806. The fraction of sp³-hybridized carbons (Fsp3) is 0.150. The molecular weight excluding hydrogens is 442 g/mol. The predicted molar refractivity (Wildman–Crippen MR) is 117 cm³/mol. The molecule has 1 heterocycles. The number of hydrogen-bond acceptors (Lipinski definition) is 7. The summed E-state index contributed by atoms with van der Waals surface area (Å²) in [6.07, 6.45) is 1.24. The van der Waals surface area contributed by atoms with Gasteiger partial charge < -0.3 is 15.7 Å². The average Bonchev–Trinajstić information content (AvgIpc) is 2.74. The van der Waals surface area contributed by atoms with Gasteiger partial charge in [-0.25, -0.2) is 9.78 Å². The Bertz CT molecular complexity index is 1210. The van der Waals surface area contributed by atoms with Gasteiger partial charge in [-0.1, -0.05) is 36.0 Å². The second kappa shape index (κ2) is 9.77. The zero-order valence-electron chi connectivity index (χ0n) is 16.1. The number of benzene rings is 2. The lowest BCUT2D eigenvalue weighted by Gasteiger charge is -2.12. The van der Waals surface area contributed by atoms with Crippen LogP contribution in [0.2, 0.25) is 0 Å². The fourth-order valence-electron chi connectivity index (χ4n) is 2.84. The number of amides is 1. The number of hydrogen-bond donors (Lipinski definition) is 4. The van der Waals surface area contributed by atoms with Crippen LogP contribution in [0.1, 0.15) is 10.4 Å². The first-order valence-electron chi connectivity index (χ1n) is 9.07. The van der Waals surface area contributed by atoms with Gasteiger partial charge >= 0.3 is 5.97 Å². The van der Waals surface area contributed by atoms with Gasteiger partial charge in [0.15, 0.2) is 0 Å². The lowest BCUT2D eigenvalue weighted by molar-refractivity contribution is -0.118. The van der Waals surface area contributed by atoms with Gasteiger partial charge in [-0.15, -0.1) is 0 Å². The minimum atomic E-state index is -4.34. The lowest BCUT2D eigenvalue weighted by Crippen LogP contribution is -2.30. The SMILES string of the molecule is O=C(CSc1ccc(C(=O)O)cn1)NCCNc1cccc2c(S(=O)(=O)O)cccc12. The summed E-state index contributed by atoms with van der Waals surface area (Å²) < 4.78 is 32.5. The molecule has 0 unspecified atom stereocenters. The van der Waals surface area contributed by atoms with E-state index in [-0.39, 0.29) is 22.1 Å². The van der Waals surface area contributed by atoms with E-state index in [1.165, 1.54) is 30.1 Å². The number of fused-ring (bicyclic) bond motifs is 1. The van der Waals surface area contributed by atoms with Crippen molar-refractivity contribution < 1.29 is 27.7 Å². The Morgan fingerprint density at radius 1 is 1.00 bits per heavy atom. The standard InChI is InChI=1S/C20H19N3O6S2/c24-18(12-30-19-8-7-13(11-23-19)20(25)26)22-10-9-21-16-5-1-4-15-14(16)3-2-6-17(15)31(27,28)29/h1-8,11,21H,9-10,12H2,(H,22,24)(H,25,26)(H,27,28,29). The summed E-state index contributed by atoms with van der Waals surface area (Å²) in [5.74, 6) is -1.14. The number of anilines is 1. The van der Waals surface area contributed by atoms with E-state index < -0.39 is 16.1 Å². The van der Waals surface area contributed by atoms with Gasteiger partial charge in [0.25, 0.3) is 10.1 Å². The van der Waals surface area contributed by atoms with Crippen LogP contribution in [-0.4, -0.2) is 53.8 Å². The Hall–Kier alpha value is -3.15. The molecule has 0 aliphatic heterocycles. The van der Waals surface area contributed by atoms with Crippen molar-refractivity contribution in [3.05, 3.63) is 60.3 Å². The first-order chi connectivity index (χ1) is 14.8. The molecule has 162 valence electrons. The normalized spacial score (nSPS) is 11.3. The summed E-state index contributed by atoms with van der Waals surface area (Å²) in [6, 6.07) is 12.7. The van der Waals surface area contributed by atoms with Gasteiger partial charge in [0.05, 0.1) is 16.3 Å². The predicted octanol–water partition coefficient (Wildman–Crippen LogP) is 2.50. The smallest absolute Gasteiger partial charge is 0.337 e. The molecule has 0 aliphatic rings. The molecule has 1 amide bonds. The summed E-state index contributed by atoms with van der Waals surface area (Å²) >= 11 is 1.19. The largest absolute Gasteiger partial charge is 0.478 e. The molecule has 0 radical (unpaired) electrons. The van der Waals surface area contributed by atoms with Crippen LogP contribution in [0, 0.1) is 0 Å². The molecule has 31 heavy (non-hydrogen) atoms. The lowest BCUT2D eigenvalue weighted by atomic mass is 10.1. The van der Waals surface area contributed by atoms with Crippen LogP contribution in [0.15, 0.2) is 64.6 Å². The first-order valence-corrected chi connectivity index (χ1v) is 11.5. The van der Waals surface area contributed by atoms with Crippen molar-refractivity contribution in [2.45, 2.75) is 9.92 Å². The summed E-state index contributed by atoms with van der Waals surface area (Å²) in [5.41, 5.74) is 0.756. The molecule has 4 N–H and O–H groups in total. The van der Waals surface area contributed by atoms with Gasteiger partial charge in [0.1, 0.15) is 4.90 Å². The van der Waals surface area contributed by atoms with Gasteiger partial charge in [0, 0.05) is 35.7 Å². The minimum Gasteiger partial charge on any atom is -0.478 e. The third-order valence-corrected chi connectivity index (χ3v) is 6.11. The Kier molecular flexibility index (Phi) is 7.10. The molecule has 2 aromatic carbocycles. The topological polar surface area (TPSA) is 146 Å². The van der Waals surface area contributed by atoms with Crippen molar-refractivity contribution in [3.8, 4) is 0 Å². The number of pyridine rings is 1. The number of thioether (sulfide) groups is 1. The summed E-state index contributed by atoms with van der Waals surface area (Å²) in [6.45, 7) is 0.732. The molecule has 0 spiro atoms. The van der Waals surface area contributed by atoms with Gasteiger partial charge in [0.2, 0.25) is 5.91 Å². The maximum Gasteiger partial charge on any atom is 0.337 e. The number of carboxylic acid groups (broad SMARTS) is 1. The molecule has 0 bridgehead atoms. The molecule has 3 rings (SSSR count). The highest BCUT2D eigenvalue weighted by Gasteiger charge is 2.14. The number of carbonyl (C=O) groups excluding carboxylic acids is 1. The Morgan fingerprint density at radius 2 is 1.74 bits per heavy atom. The van der Waals surface area contributed by atoms with Crippen LogP contribution in [-0.2, 0) is 14.9 Å². The maximum absolute atomic E-state index is 12.0. The van der Waals surface area contributed by atoms with E-state index in [4.69, 9.17) is 5.11 Å². The van der Waals surface area contributed by atoms with Crippen molar-refractivity contribution in [2.75, 3.05) is 24.2 Å². The molecule has 1 aromatic heterocycles. The van der Waals surface area contributed by atoms with Crippen LogP contribution in [0.25, 0.3) is 10.8 Å². The molecule has 0 atom stereocenters. The molecule has 3 aromatic rings. The fourth-order valence-corrected chi connectivity index (χ4v) is 4.22. The average molecular weight is 462 g/mol. The van der Waals surface area contributed by atoms with E-state index in [0.29, 0.717) is 34.6 Å². The number of nitrogens with one attached hydrogen (secondary N) is 2. The second-order valence-electron chi connectivity index (χ2n) is 6.39. The third-order valence-electron chi connectivity index (χ3n) is 4.26. The highest BCUT2D eigenvalue weighted by molar-refractivity contribution is 7.99. The van der Waals surface area contributed by atoms with Crippen LogP contribution >= 0.6 is 11.8 Å². The van der Waals surface area contributed by atoms with Crippen molar-refractivity contribution in [1.29, 1.82) is 0 Å². The molecular formula is C20H19N3O6S2. The Balaban J connectivity index is 1.51. The number of carboxylic acids is 1. The van der Waals surface area contributed by atoms with Crippen LogP contribution in [0.4, 0.5) is 5.69 Å². The molecule has 9 nitrogen and oxygen atoms in total. The van der Waals surface area contributed by atoms with Crippen LogP contribution < -0.4 is 10.6 Å². The number of carbonyl (C=O) groups is 2. The highest BCUT2D eigenvalue weighted by Crippen LogP contribution is 2.28. The van der Waals surface area contributed by atoms with Crippen molar-refractivity contribution in [3.63, 3.8) is 0 Å². The van der Waals surface area contributed by atoms with E-state index in [0.717, 1.165) is 0 Å². The first kappa shape index (κ1) is 22.5. The number of nitrogens with zero attached hydrogens (tertiary/aromatic N) is 1. The number of rotatable bonds is 9. The molecule has 11 heteroatoms. The van der Waals surface area contributed by atoms with Crippen molar-refractivity contribution >= 4 is 50.2 Å². The maximum atomic E-state index is 12.0. The molecule has 0 aliphatic carbocycles. The van der Waals surface area contributed by atoms with E-state index in [2.05, 4.69) is 15.6 Å². The van der Waals surface area contributed by atoms with Gasteiger partial charge in [-0.05, 0) is 24.3 Å². The summed E-state index contributed by atoms with van der Waals surface area (Å²) in [4.78, 5) is 26.6. The second-order valence-corrected chi connectivity index (χ2v) is 8.77. The zero-order chi connectivity index (χ0) is 22.4. The number of aromatic carboxylic acids is 1. The van der Waals surface area contributed by atoms with Crippen molar-refractivity contribution in [1.82, 2.24) is 10.3 Å². The van der Waals surface area contributed by atoms with Crippen LogP contribution in [0.3, 0.4) is 0 Å². The van der Waals surface area contributed by atoms with Gasteiger partial charge in [-0.2, -0.15) is 8.42 Å². The van der Waals surface area contributed by atoms with E-state index in [1.807, 2.05) is 0 Å². The van der Waals surface area contributed by atoms with E-state index in [9.17, 15) is 22.6 Å². The van der Waals surface area contributed by atoms with E-state index in [1.54, 1.807) is 36.4 Å².